The van der Waals surface area contributed by atoms with Gasteiger partial charge in [-0.3, -0.25) is 9.59 Å². The standard InChI is InChI=1S/C77H143NO10/c1-3-5-7-9-11-13-15-40-43-47-51-55-59-63-70(80)69(68-87-77-76(85)75(84)74(83)71(67-79)88-77)78-72(81)64-60-56-52-48-44-41-38-36-34-32-30-28-26-24-22-20-18-17-19-21-23-25-27-29-31-33-35-37-39-42-46-50-54-58-62-66-86-73(82)65-61-57-53-49-45-16-14-12-10-8-6-4-2/h11,13,19,21,43,47,59,63,69-71,74-77,79-80,83-85H,3-10,12,14-18,20,22-42,44-46,48-58,60-62,64-68H2,1-2H3,(H,78,81)/b13-11+,21-19-,47-43+,63-59+. The fourth-order valence-electron chi connectivity index (χ4n) is 11.9. The first-order valence-electron chi connectivity index (χ1n) is 37.9. The van der Waals surface area contributed by atoms with Crippen molar-refractivity contribution >= 4 is 11.9 Å². The molecule has 1 saturated heterocycles. The van der Waals surface area contributed by atoms with Gasteiger partial charge in [0.05, 0.1) is 32.0 Å². The van der Waals surface area contributed by atoms with Crippen molar-refractivity contribution in [1.29, 1.82) is 0 Å². The highest BCUT2D eigenvalue weighted by Crippen LogP contribution is 2.23. The van der Waals surface area contributed by atoms with E-state index >= 15 is 0 Å². The van der Waals surface area contributed by atoms with E-state index in [0.29, 0.717) is 19.4 Å². The van der Waals surface area contributed by atoms with Gasteiger partial charge in [0.15, 0.2) is 6.29 Å². The molecule has 0 spiro atoms. The molecular weight excluding hydrogens is 1100 g/mol. The van der Waals surface area contributed by atoms with E-state index < -0.39 is 49.5 Å². The zero-order chi connectivity index (χ0) is 63.7. The molecular formula is C77H143NO10. The Morgan fingerprint density at radius 1 is 0.409 bits per heavy atom. The van der Waals surface area contributed by atoms with Crippen LogP contribution >= 0.6 is 0 Å². The van der Waals surface area contributed by atoms with Gasteiger partial charge < -0.3 is 45.1 Å². The third-order valence-corrected chi connectivity index (χ3v) is 17.9. The number of hydrogen-bond donors (Lipinski definition) is 6. The predicted molar refractivity (Wildman–Crippen MR) is 370 cm³/mol. The van der Waals surface area contributed by atoms with E-state index in [1.165, 1.54) is 276 Å². The summed E-state index contributed by atoms with van der Waals surface area (Å²) in [5.41, 5.74) is 0. The Kier molecular flexibility index (Phi) is 62.8. The van der Waals surface area contributed by atoms with Gasteiger partial charge >= 0.3 is 5.97 Å². The quantitative estimate of drug-likeness (QED) is 0.0195. The summed E-state index contributed by atoms with van der Waals surface area (Å²) in [5.74, 6) is -0.178. The third kappa shape index (κ3) is 54.2. The van der Waals surface area contributed by atoms with Crippen LogP contribution in [0.3, 0.4) is 0 Å². The van der Waals surface area contributed by atoms with Crippen molar-refractivity contribution in [3.05, 3.63) is 48.6 Å². The molecule has 0 bridgehead atoms. The number of carbonyl (C=O) groups is 2. The first-order chi connectivity index (χ1) is 43.2. The number of nitrogens with one attached hydrogen (secondary N) is 1. The molecule has 11 heteroatoms. The molecule has 0 aromatic heterocycles. The van der Waals surface area contributed by atoms with E-state index in [1.807, 2.05) is 6.08 Å². The van der Waals surface area contributed by atoms with Crippen LogP contribution < -0.4 is 5.32 Å². The van der Waals surface area contributed by atoms with Crippen molar-refractivity contribution in [3.8, 4) is 0 Å². The number of ether oxygens (including phenoxy) is 3. The largest absolute Gasteiger partial charge is 0.466 e. The lowest BCUT2D eigenvalue weighted by molar-refractivity contribution is -0.302. The minimum Gasteiger partial charge on any atom is -0.466 e. The van der Waals surface area contributed by atoms with Crippen LogP contribution in [0.2, 0.25) is 0 Å². The number of amides is 1. The number of esters is 1. The first kappa shape index (κ1) is 83.6. The number of aliphatic hydroxyl groups excluding tert-OH is 5. The monoisotopic (exact) mass is 1240 g/mol. The van der Waals surface area contributed by atoms with Gasteiger partial charge in [0.25, 0.3) is 0 Å². The highest BCUT2D eigenvalue weighted by molar-refractivity contribution is 5.76. The normalized spacial score (nSPS) is 18.0. The number of aliphatic hydroxyl groups is 5. The summed E-state index contributed by atoms with van der Waals surface area (Å²) in [6, 6.07) is -0.832. The molecule has 11 nitrogen and oxygen atoms in total. The Morgan fingerprint density at radius 3 is 1.15 bits per heavy atom. The number of rotatable bonds is 67. The van der Waals surface area contributed by atoms with E-state index in [4.69, 9.17) is 14.2 Å². The molecule has 1 heterocycles. The summed E-state index contributed by atoms with van der Waals surface area (Å²) < 4.78 is 16.7. The molecule has 1 amide bonds. The SMILES string of the molecule is CCCCC/C=C/CC/C=C/CC/C=C/C(O)C(COC1OC(CO)C(O)C(O)C1O)NC(=O)CCCCCCCCCCCCCCCCCCC/C=C\CCCCCCCCCCCCCCCCOC(=O)CCCCCCCCCCCCCC. The molecule has 1 aliphatic heterocycles. The fourth-order valence-corrected chi connectivity index (χ4v) is 11.9. The van der Waals surface area contributed by atoms with Gasteiger partial charge in [-0.1, -0.05) is 319 Å². The van der Waals surface area contributed by atoms with Gasteiger partial charge in [-0.25, -0.2) is 0 Å². The van der Waals surface area contributed by atoms with Crippen LogP contribution in [0.25, 0.3) is 0 Å². The second kappa shape index (κ2) is 66.1. The van der Waals surface area contributed by atoms with Gasteiger partial charge in [0.2, 0.25) is 5.91 Å². The summed E-state index contributed by atoms with van der Waals surface area (Å²) in [5, 5.41) is 54.5. The lowest BCUT2D eigenvalue weighted by atomic mass is 9.99. The molecule has 516 valence electrons. The van der Waals surface area contributed by atoms with Crippen LogP contribution in [0.4, 0.5) is 0 Å². The van der Waals surface area contributed by atoms with Crippen LogP contribution in [0, 0.1) is 0 Å². The molecule has 7 atom stereocenters. The molecule has 1 fully saturated rings. The molecule has 0 aromatic rings. The van der Waals surface area contributed by atoms with Crippen molar-refractivity contribution in [1.82, 2.24) is 5.32 Å². The maximum absolute atomic E-state index is 13.1. The number of carbonyl (C=O) groups excluding carboxylic acids is 2. The second-order valence-corrected chi connectivity index (χ2v) is 26.3. The number of unbranched alkanes of at least 4 members (excludes halogenated alkanes) is 47. The van der Waals surface area contributed by atoms with E-state index in [-0.39, 0.29) is 18.5 Å². The Labute approximate surface area is 542 Å². The van der Waals surface area contributed by atoms with Gasteiger partial charge in [-0.15, -0.1) is 0 Å². The highest BCUT2D eigenvalue weighted by atomic mass is 16.7. The number of hydrogen-bond acceptors (Lipinski definition) is 10. The van der Waals surface area contributed by atoms with E-state index in [9.17, 15) is 35.1 Å². The summed E-state index contributed by atoms with van der Waals surface area (Å²) in [7, 11) is 0. The Bertz CT molecular complexity index is 1600. The Balaban J connectivity index is 1.93. The average molecular weight is 1240 g/mol. The molecule has 1 rings (SSSR count). The molecule has 0 saturated carbocycles. The number of allylic oxidation sites excluding steroid dienone is 7. The molecule has 7 unspecified atom stereocenters. The van der Waals surface area contributed by atoms with Crippen LogP contribution in [0.15, 0.2) is 48.6 Å². The second-order valence-electron chi connectivity index (χ2n) is 26.3. The van der Waals surface area contributed by atoms with Crippen molar-refractivity contribution < 1.29 is 49.3 Å². The van der Waals surface area contributed by atoms with Crippen molar-refractivity contribution in [2.45, 2.75) is 410 Å². The average Bonchev–Trinajstić information content (AvgIpc) is 3.33. The van der Waals surface area contributed by atoms with Gasteiger partial charge in [0.1, 0.15) is 24.4 Å². The third-order valence-electron chi connectivity index (χ3n) is 17.9. The zero-order valence-electron chi connectivity index (χ0n) is 57.4. The molecule has 0 aromatic carbocycles. The fraction of sp³-hybridized carbons (Fsp3) is 0.870. The maximum atomic E-state index is 13.1. The summed E-state index contributed by atoms with van der Waals surface area (Å²) in [6.45, 7) is 4.33. The predicted octanol–water partition coefficient (Wildman–Crippen LogP) is 19.9. The molecule has 0 aliphatic carbocycles. The van der Waals surface area contributed by atoms with Crippen molar-refractivity contribution in [3.63, 3.8) is 0 Å². The van der Waals surface area contributed by atoms with Crippen LogP contribution in [-0.4, -0.2) is 100 Å². The lowest BCUT2D eigenvalue weighted by Crippen LogP contribution is -2.60. The Morgan fingerprint density at radius 2 is 0.739 bits per heavy atom. The van der Waals surface area contributed by atoms with Crippen LogP contribution in [0.5, 0.6) is 0 Å². The molecule has 88 heavy (non-hydrogen) atoms. The van der Waals surface area contributed by atoms with Gasteiger partial charge in [0, 0.05) is 12.8 Å². The van der Waals surface area contributed by atoms with Crippen molar-refractivity contribution in [2.24, 2.45) is 0 Å². The van der Waals surface area contributed by atoms with Gasteiger partial charge in [-0.05, 0) is 83.5 Å². The lowest BCUT2D eigenvalue weighted by Gasteiger charge is -2.40. The zero-order valence-corrected chi connectivity index (χ0v) is 57.4. The molecule has 6 N–H and O–H groups in total. The first-order valence-corrected chi connectivity index (χ1v) is 37.9. The minimum absolute atomic E-state index is 0.0142. The van der Waals surface area contributed by atoms with E-state index in [0.717, 1.165) is 64.2 Å². The smallest absolute Gasteiger partial charge is 0.305 e. The van der Waals surface area contributed by atoms with E-state index in [2.05, 4.69) is 55.6 Å². The van der Waals surface area contributed by atoms with Crippen LogP contribution in [-0.2, 0) is 23.8 Å². The summed E-state index contributed by atoms with van der Waals surface area (Å²) in [4.78, 5) is 25.1. The van der Waals surface area contributed by atoms with Crippen molar-refractivity contribution in [2.75, 3.05) is 19.8 Å². The molecule has 0 radical (unpaired) electrons. The van der Waals surface area contributed by atoms with Gasteiger partial charge in [-0.2, -0.15) is 0 Å². The van der Waals surface area contributed by atoms with E-state index in [1.54, 1.807) is 6.08 Å². The topological polar surface area (TPSA) is 175 Å². The maximum Gasteiger partial charge on any atom is 0.305 e. The summed E-state index contributed by atoms with van der Waals surface area (Å²) >= 11 is 0. The molecule has 1 aliphatic rings. The Hall–Kier alpha value is -2.38. The highest BCUT2D eigenvalue weighted by Gasteiger charge is 2.44. The minimum atomic E-state index is -1.58. The summed E-state index contributed by atoms with van der Waals surface area (Å²) in [6.07, 6.45) is 77.0. The van der Waals surface area contributed by atoms with Crippen LogP contribution in [0.1, 0.15) is 367 Å².